The Morgan fingerprint density at radius 1 is 0.933 bits per heavy atom. The summed E-state index contributed by atoms with van der Waals surface area (Å²) in [5.41, 5.74) is 2.23. The lowest BCUT2D eigenvalue weighted by atomic mass is 9.84. The van der Waals surface area contributed by atoms with Crippen LogP contribution in [-0.4, -0.2) is 35.5 Å². The number of aliphatic imine (C=N–C) groups is 1. The highest BCUT2D eigenvalue weighted by Crippen LogP contribution is 2.45. The van der Waals surface area contributed by atoms with Crippen LogP contribution in [0.2, 0.25) is 0 Å². The molecule has 3 heterocycles. The predicted molar refractivity (Wildman–Crippen MR) is 104 cm³/mol. The van der Waals surface area contributed by atoms with Gasteiger partial charge in [0.2, 0.25) is 5.60 Å². The summed E-state index contributed by atoms with van der Waals surface area (Å²) in [7, 11) is 0. The summed E-state index contributed by atoms with van der Waals surface area (Å²) in [6, 6.07) is 10.9. The summed E-state index contributed by atoms with van der Waals surface area (Å²) >= 11 is 0. The first-order valence-corrected chi connectivity index (χ1v) is 10.2. The number of hydrogen-bond acceptors (Lipinski definition) is 4. The highest BCUT2D eigenvalue weighted by atomic mass is 19.2. The third-order valence-corrected chi connectivity index (χ3v) is 6.92. The smallest absolute Gasteiger partial charge is 0.296 e. The largest absolute Gasteiger partial charge is 0.447 e. The van der Waals surface area contributed by atoms with Crippen molar-refractivity contribution in [3.05, 3.63) is 70.3 Å². The molecule has 0 saturated carbocycles. The van der Waals surface area contributed by atoms with Crippen molar-refractivity contribution in [3.8, 4) is 0 Å². The monoisotopic (exact) mass is 410 g/mol. The summed E-state index contributed by atoms with van der Waals surface area (Å²) in [5.74, 6) is -2.19. The van der Waals surface area contributed by atoms with Gasteiger partial charge >= 0.3 is 0 Å². The molecule has 3 aliphatic heterocycles. The second-order valence-electron chi connectivity index (χ2n) is 8.61. The van der Waals surface area contributed by atoms with E-state index in [0.29, 0.717) is 36.8 Å². The number of carbonyl (C=O) groups excluding carboxylic acids is 1. The number of nitrogens with zero attached hydrogens (tertiary/aromatic N) is 2. The van der Waals surface area contributed by atoms with E-state index in [0.717, 1.165) is 25.0 Å². The molecule has 30 heavy (non-hydrogen) atoms. The summed E-state index contributed by atoms with van der Waals surface area (Å²) in [6.45, 7) is 1.94. The van der Waals surface area contributed by atoms with Gasteiger partial charge in [0.25, 0.3) is 11.9 Å². The van der Waals surface area contributed by atoms with E-state index in [1.807, 2.05) is 17.0 Å². The molecule has 0 atom stereocenters. The van der Waals surface area contributed by atoms with E-state index >= 15 is 0 Å². The topological polar surface area (TPSA) is 51.1 Å². The number of likely N-dealkylation sites (tertiary alicyclic amines) is 1. The molecule has 0 unspecified atom stereocenters. The first kappa shape index (κ1) is 18.0. The molecule has 4 aliphatic rings. The maximum Gasteiger partial charge on any atom is 0.296 e. The average molecular weight is 410 g/mol. The molecule has 2 aromatic rings. The molecule has 0 aromatic heterocycles. The minimum Gasteiger partial charge on any atom is -0.447 e. The van der Waals surface area contributed by atoms with Crippen molar-refractivity contribution >= 4 is 11.9 Å². The summed E-state index contributed by atoms with van der Waals surface area (Å²) < 4.78 is 39.5. The van der Waals surface area contributed by atoms with Gasteiger partial charge in [0.05, 0.1) is 12.2 Å². The highest BCUT2D eigenvalue weighted by Gasteiger charge is 2.53. The van der Waals surface area contributed by atoms with E-state index in [-0.39, 0.29) is 24.3 Å². The zero-order valence-corrected chi connectivity index (χ0v) is 16.3. The van der Waals surface area contributed by atoms with Gasteiger partial charge in [-0.2, -0.15) is 4.99 Å². The van der Waals surface area contributed by atoms with Crippen molar-refractivity contribution in [2.45, 2.75) is 43.5 Å². The quantitative estimate of drug-likeness (QED) is 0.669. The standard InChI is InChI=1S/C23H20F2N2O3/c24-18-9-15-11-23(12-16(15)10-19(18)25)20(28)26-21(30-23)27-7-5-22(6-8-27)17-4-2-1-3-14(17)13-29-22/h1-4,9-10H,5-8,11-13H2. The molecular formula is C23H20F2N2O3. The number of halogens is 2. The molecule has 0 bridgehead atoms. The molecule has 1 saturated heterocycles. The van der Waals surface area contributed by atoms with Crippen molar-refractivity contribution in [2.24, 2.45) is 4.99 Å². The van der Waals surface area contributed by atoms with Crippen molar-refractivity contribution in [2.75, 3.05) is 13.1 Å². The molecule has 2 aromatic carbocycles. The molecule has 154 valence electrons. The minimum atomic E-state index is -1.18. The Balaban J connectivity index is 1.19. The fraction of sp³-hybridized carbons (Fsp3) is 0.391. The number of rotatable bonds is 0. The molecule has 1 amide bonds. The van der Waals surface area contributed by atoms with Crippen LogP contribution in [0.3, 0.4) is 0 Å². The zero-order chi connectivity index (χ0) is 20.5. The third-order valence-electron chi connectivity index (χ3n) is 6.92. The Kier molecular flexibility index (Phi) is 3.67. The van der Waals surface area contributed by atoms with Gasteiger partial charge in [0.15, 0.2) is 11.6 Å². The van der Waals surface area contributed by atoms with Gasteiger partial charge in [0, 0.05) is 25.9 Å². The lowest BCUT2D eigenvalue weighted by Gasteiger charge is -2.39. The number of amidine groups is 1. The molecule has 1 aliphatic carbocycles. The Hall–Kier alpha value is -2.80. The van der Waals surface area contributed by atoms with Crippen LogP contribution in [0.25, 0.3) is 0 Å². The summed E-state index contributed by atoms with van der Waals surface area (Å²) in [5, 5.41) is 0. The van der Waals surface area contributed by atoms with Crippen molar-refractivity contribution in [1.29, 1.82) is 0 Å². The van der Waals surface area contributed by atoms with Gasteiger partial charge in [-0.3, -0.25) is 4.79 Å². The van der Waals surface area contributed by atoms with Crippen molar-refractivity contribution < 1.29 is 23.0 Å². The third kappa shape index (κ3) is 2.48. The van der Waals surface area contributed by atoms with Crippen LogP contribution in [0, 0.1) is 11.6 Å². The number of benzene rings is 2. The Morgan fingerprint density at radius 2 is 1.60 bits per heavy atom. The molecule has 0 N–H and O–H groups in total. The van der Waals surface area contributed by atoms with E-state index in [1.165, 1.54) is 11.1 Å². The Bertz CT molecular complexity index is 1070. The first-order valence-electron chi connectivity index (χ1n) is 10.2. The van der Waals surface area contributed by atoms with Crippen LogP contribution in [0.15, 0.2) is 41.4 Å². The molecular weight excluding hydrogens is 390 g/mol. The van der Waals surface area contributed by atoms with Crippen LogP contribution >= 0.6 is 0 Å². The van der Waals surface area contributed by atoms with E-state index in [2.05, 4.69) is 17.1 Å². The number of amides is 1. The number of ether oxygens (including phenoxy) is 2. The lowest BCUT2D eigenvalue weighted by Crippen LogP contribution is -2.47. The molecule has 5 nitrogen and oxygen atoms in total. The second-order valence-corrected chi connectivity index (χ2v) is 8.61. The molecule has 1 fully saturated rings. The van der Waals surface area contributed by atoms with E-state index in [9.17, 15) is 13.6 Å². The minimum absolute atomic E-state index is 0.208. The average Bonchev–Trinajstić information content (AvgIpc) is 3.38. The van der Waals surface area contributed by atoms with Crippen molar-refractivity contribution in [3.63, 3.8) is 0 Å². The molecule has 7 heteroatoms. The number of hydrogen-bond donors (Lipinski definition) is 0. The zero-order valence-electron chi connectivity index (χ0n) is 16.3. The van der Waals surface area contributed by atoms with Gasteiger partial charge in [-0.05, 0) is 47.2 Å². The van der Waals surface area contributed by atoms with Gasteiger partial charge in [-0.15, -0.1) is 0 Å². The normalized spacial score (nSPS) is 22.9. The first-order chi connectivity index (χ1) is 14.5. The highest BCUT2D eigenvalue weighted by molar-refractivity contribution is 6.02. The van der Waals surface area contributed by atoms with Crippen LogP contribution < -0.4 is 0 Å². The fourth-order valence-electron chi connectivity index (χ4n) is 5.28. The lowest BCUT2D eigenvalue weighted by molar-refractivity contribution is -0.130. The molecule has 2 spiro atoms. The van der Waals surface area contributed by atoms with E-state index < -0.39 is 17.2 Å². The maximum atomic E-state index is 13.6. The van der Waals surface area contributed by atoms with Gasteiger partial charge in [0.1, 0.15) is 0 Å². The van der Waals surface area contributed by atoms with E-state index in [1.54, 1.807) is 0 Å². The fourth-order valence-corrected chi connectivity index (χ4v) is 5.28. The molecule has 0 radical (unpaired) electrons. The Morgan fingerprint density at radius 3 is 2.30 bits per heavy atom. The number of fused-ring (bicyclic) bond motifs is 3. The molecule has 6 rings (SSSR count). The maximum absolute atomic E-state index is 13.6. The summed E-state index contributed by atoms with van der Waals surface area (Å²) in [4.78, 5) is 18.9. The second kappa shape index (κ2) is 6.11. The van der Waals surface area contributed by atoms with Gasteiger partial charge in [-0.25, -0.2) is 8.78 Å². The van der Waals surface area contributed by atoms with Crippen LogP contribution in [0.4, 0.5) is 8.78 Å². The van der Waals surface area contributed by atoms with Gasteiger partial charge < -0.3 is 14.4 Å². The van der Waals surface area contributed by atoms with Gasteiger partial charge in [-0.1, -0.05) is 24.3 Å². The van der Waals surface area contributed by atoms with Crippen LogP contribution in [-0.2, 0) is 39.3 Å². The number of carbonyl (C=O) groups is 1. The van der Waals surface area contributed by atoms with Crippen molar-refractivity contribution in [1.82, 2.24) is 4.90 Å². The van der Waals surface area contributed by atoms with Crippen LogP contribution in [0.1, 0.15) is 35.1 Å². The van der Waals surface area contributed by atoms with Crippen LogP contribution in [0.5, 0.6) is 0 Å². The van der Waals surface area contributed by atoms with E-state index in [4.69, 9.17) is 9.47 Å². The Labute approximate surface area is 172 Å². The number of piperidine rings is 1. The SMILES string of the molecule is O=C1N=C(N2CCC3(CC2)OCc2ccccc23)OC12Cc1cc(F)c(F)cc1C2. The predicted octanol–water partition coefficient (Wildman–Crippen LogP) is 3.24. The summed E-state index contributed by atoms with van der Waals surface area (Å²) in [6.07, 6.45) is 1.98.